The Kier molecular flexibility index (Phi) is 8.39. The Morgan fingerprint density at radius 3 is 2.47 bits per heavy atom. The third kappa shape index (κ3) is 7.73. The van der Waals surface area contributed by atoms with E-state index in [2.05, 4.69) is 5.32 Å². The first-order valence-corrected chi connectivity index (χ1v) is 7.09. The van der Waals surface area contributed by atoms with Gasteiger partial charge in [0.25, 0.3) is 0 Å². The summed E-state index contributed by atoms with van der Waals surface area (Å²) in [6, 6.07) is -0.304. The van der Waals surface area contributed by atoms with E-state index in [4.69, 9.17) is 5.11 Å². The van der Waals surface area contributed by atoms with E-state index in [0.29, 0.717) is 24.6 Å². The van der Waals surface area contributed by atoms with E-state index >= 15 is 0 Å². The molecule has 7 heteroatoms. The van der Waals surface area contributed by atoms with Crippen molar-refractivity contribution in [2.24, 2.45) is 0 Å². The molecule has 0 aromatic rings. The van der Waals surface area contributed by atoms with Crippen LogP contribution in [0.5, 0.6) is 0 Å². The van der Waals surface area contributed by atoms with Crippen molar-refractivity contribution in [3.05, 3.63) is 0 Å². The Labute approximate surface area is 104 Å². The maximum atomic E-state index is 11.6. The van der Waals surface area contributed by atoms with E-state index in [-0.39, 0.29) is 19.0 Å². The minimum atomic E-state index is -0.927. The summed E-state index contributed by atoms with van der Waals surface area (Å²) < 4.78 is 11.1. The summed E-state index contributed by atoms with van der Waals surface area (Å²) in [5.41, 5.74) is 0. The largest absolute Gasteiger partial charge is 0.481 e. The van der Waals surface area contributed by atoms with Gasteiger partial charge in [0, 0.05) is 41.9 Å². The molecule has 17 heavy (non-hydrogen) atoms. The van der Waals surface area contributed by atoms with Gasteiger partial charge in [0.15, 0.2) is 0 Å². The second-order valence-corrected chi connectivity index (χ2v) is 5.25. The van der Waals surface area contributed by atoms with Crippen LogP contribution in [0.15, 0.2) is 0 Å². The maximum Gasteiger partial charge on any atom is 0.317 e. The fourth-order valence-electron chi connectivity index (χ4n) is 1.16. The Balaban J connectivity index is 3.91. The molecule has 0 aliphatic heterocycles. The van der Waals surface area contributed by atoms with Gasteiger partial charge in [-0.3, -0.25) is 9.00 Å². The topological polar surface area (TPSA) is 86.7 Å². The zero-order chi connectivity index (χ0) is 13.3. The third-order valence-corrected chi connectivity index (χ3v) is 3.50. The van der Waals surface area contributed by atoms with E-state index in [1.165, 1.54) is 4.90 Å². The fourth-order valence-corrected chi connectivity index (χ4v) is 1.78. The van der Waals surface area contributed by atoms with E-state index < -0.39 is 16.8 Å². The average Bonchev–Trinajstić information content (AvgIpc) is 2.29. The molecule has 2 N–H and O–H groups in total. The number of nitrogens with one attached hydrogen (secondary N) is 1. The van der Waals surface area contributed by atoms with Crippen molar-refractivity contribution in [2.75, 3.05) is 31.1 Å². The summed E-state index contributed by atoms with van der Waals surface area (Å²) in [6.45, 7) is 4.60. The number of amides is 2. The number of carboxylic acids is 1. The lowest BCUT2D eigenvalue weighted by Crippen LogP contribution is -2.42. The molecule has 0 fully saturated rings. The highest BCUT2D eigenvalue weighted by Crippen LogP contribution is 1.93. The molecule has 6 nitrogen and oxygen atoms in total. The van der Waals surface area contributed by atoms with Crippen LogP contribution in [-0.4, -0.2) is 57.4 Å². The van der Waals surface area contributed by atoms with Crippen LogP contribution < -0.4 is 5.32 Å². The van der Waals surface area contributed by atoms with Crippen molar-refractivity contribution in [2.45, 2.75) is 20.3 Å². The fraction of sp³-hybridized carbons (Fsp3) is 0.800. The number of hydrogen-bond acceptors (Lipinski definition) is 3. The van der Waals surface area contributed by atoms with Gasteiger partial charge >= 0.3 is 12.0 Å². The summed E-state index contributed by atoms with van der Waals surface area (Å²) in [4.78, 5) is 23.4. The first-order chi connectivity index (χ1) is 8.01. The molecule has 0 aliphatic rings. The molecule has 0 aliphatic carbocycles. The average molecular weight is 264 g/mol. The third-order valence-electron chi connectivity index (χ3n) is 2.19. The van der Waals surface area contributed by atoms with Gasteiger partial charge in [0.05, 0.1) is 6.42 Å². The normalized spacial score (nSPS) is 11.9. The molecular weight excluding hydrogens is 244 g/mol. The Hall–Kier alpha value is -1.11. The summed E-state index contributed by atoms with van der Waals surface area (Å²) in [5.74, 6) is 0.0776. The van der Waals surface area contributed by atoms with Gasteiger partial charge in [0.2, 0.25) is 0 Å². The lowest BCUT2D eigenvalue weighted by atomic mass is 10.4. The predicted octanol–water partition coefficient (Wildman–Crippen LogP) is 0.261. The van der Waals surface area contributed by atoms with Crippen LogP contribution >= 0.6 is 0 Å². The molecule has 2 amide bonds. The number of nitrogens with zero attached hydrogens (tertiary/aromatic N) is 1. The first-order valence-electron chi connectivity index (χ1n) is 5.60. The van der Waals surface area contributed by atoms with Crippen molar-refractivity contribution >= 4 is 22.8 Å². The lowest BCUT2D eigenvalue weighted by Gasteiger charge is -2.20. The zero-order valence-electron chi connectivity index (χ0n) is 10.3. The van der Waals surface area contributed by atoms with Crippen molar-refractivity contribution < 1.29 is 18.9 Å². The smallest absolute Gasteiger partial charge is 0.317 e. The lowest BCUT2D eigenvalue weighted by molar-refractivity contribution is -0.137. The van der Waals surface area contributed by atoms with Crippen molar-refractivity contribution in [3.8, 4) is 0 Å². The summed E-state index contributed by atoms with van der Waals surface area (Å²) >= 11 is 0. The van der Waals surface area contributed by atoms with Gasteiger partial charge in [-0.05, 0) is 6.92 Å². The van der Waals surface area contributed by atoms with Gasteiger partial charge < -0.3 is 15.3 Å². The molecule has 0 aromatic carbocycles. The van der Waals surface area contributed by atoms with E-state index in [0.717, 1.165) is 0 Å². The number of carbonyl (C=O) groups excluding carboxylic acids is 1. The summed E-state index contributed by atoms with van der Waals surface area (Å²) in [6.07, 6.45) is -0.0673. The second-order valence-electron chi connectivity index (χ2n) is 3.39. The molecule has 100 valence electrons. The SMILES string of the molecule is CCN(CCC(=O)O)C(=O)NCCS(=O)CC. The molecule has 0 saturated carbocycles. The van der Waals surface area contributed by atoms with Crippen LogP contribution in [-0.2, 0) is 15.6 Å². The van der Waals surface area contributed by atoms with E-state index in [1.54, 1.807) is 6.92 Å². The molecule has 1 unspecified atom stereocenters. The monoisotopic (exact) mass is 264 g/mol. The van der Waals surface area contributed by atoms with Crippen LogP contribution in [0, 0.1) is 0 Å². The minimum absolute atomic E-state index is 0.0673. The number of hydrogen-bond donors (Lipinski definition) is 2. The quantitative estimate of drug-likeness (QED) is 0.658. The van der Waals surface area contributed by atoms with Gasteiger partial charge in [-0.2, -0.15) is 0 Å². The number of carboxylic acid groups (broad SMARTS) is 1. The zero-order valence-corrected chi connectivity index (χ0v) is 11.1. The Morgan fingerprint density at radius 2 is 2.00 bits per heavy atom. The van der Waals surface area contributed by atoms with Crippen LogP contribution in [0.2, 0.25) is 0 Å². The highest BCUT2D eigenvalue weighted by molar-refractivity contribution is 7.84. The molecule has 0 bridgehead atoms. The van der Waals surface area contributed by atoms with Gasteiger partial charge in [0.1, 0.15) is 0 Å². The van der Waals surface area contributed by atoms with E-state index in [9.17, 15) is 13.8 Å². The van der Waals surface area contributed by atoms with Crippen LogP contribution in [0.1, 0.15) is 20.3 Å². The molecule has 0 rings (SSSR count). The second kappa shape index (κ2) is 8.98. The molecule has 0 saturated heterocycles. The van der Waals surface area contributed by atoms with Crippen LogP contribution in [0.25, 0.3) is 0 Å². The van der Waals surface area contributed by atoms with Crippen molar-refractivity contribution in [1.82, 2.24) is 10.2 Å². The number of rotatable bonds is 8. The Bertz CT molecular complexity index is 283. The molecule has 0 radical (unpaired) electrons. The molecular formula is C10H20N2O4S. The number of aliphatic carboxylic acids is 1. The number of urea groups is 1. The molecule has 1 atom stereocenters. The standard InChI is InChI=1S/C10H20N2O4S/c1-3-12(7-5-9(13)14)10(15)11-6-8-17(16)4-2/h3-8H2,1-2H3,(H,11,15)(H,13,14). The molecule has 0 spiro atoms. The first kappa shape index (κ1) is 15.9. The van der Waals surface area contributed by atoms with Crippen molar-refractivity contribution in [1.29, 1.82) is 0 Å². The summed E-state index contributed by atoms with van der Waals surface area (Å²) in [5, 5.41) is 11.1. The van der Waals surface area contributed by atoms with Crippen LogP contribution in [0.3, 0.4) is 0 Å². The van der Waals surface area contributed by atoms with E-state index in [1.807, 2.05) is 6.92 Å². The number of carbonyl (C=O) groups is 2. The summed E-state index contributed by atoms with van der Waals surface area (Å²) in [7, 11) is -0.897. The highest BCUT2D eigenvalue weighted by Gasteiger charge is 2.12. The molecule has 0 aromatic heterocycles. The van der Waals surface area contributed by atoms with Gasteiger partial charge in [-0.15, -0.1) is 0 Å². The predicted molar refractivity (Wildman–Crippen MR) is 66.4 cm³/mol. The maximum absolute atomic E-state index is 11.6. The van der Waals surface area contributed by atoms with Crippen LogP contribution in [0.4, 0.5) is 4.79 Å². The molecule has 0 heterocycles. The van der Waals surface area contributed by atoms with Gasteiger partial charge in [-0.25, -0.2) is 4.79 Å². The highest BCUT2D eigenvalue weighted by atomic mass is 32.2. The Morgan fingerprint density at radius 1 is 1.35 bits per heavy atom. The van der Waals surface area contributed by atoms with Gasteiger partial charge in [-0.1, -0.05) is 6.92 Å². The minimum Gasteiger partial charge on any atom is -0.481 e. The van der Waals surface area contributed by atoms with Crippen molar-refractivity contribution in [3.63, 3.8) is 0 Å².